The smallest absolute Gasteiger partial charge is 0.359 e. The summed E-state index contributed by atoms with van der Waals surface area (Å²) in [5, 5.41) is 21.2. The molecule has 0 saturated heterocycles. The van der Waals surface area contributed by atoms with Crippen molar-refractivity contribution in [1.82, 2.24) is 0 Å². The maximum atomic E-state index is 13.5. The van der Waals surface area contributed by atoms with Crippen LogP contribution in [0.5, 0.6) is 5.75 Å². The number of aliphatic hydroxyl groups is 1. The number of carbonyl (C=O) groups excluding carboxylic acids is 1. The zero-order chi connectivity index (χ0) is 23.3. The molecule has 0 amide bonds. The number of para-hydroxylation sites is 1. The monoisotopic (exact) mass is 449 g/mol. The lowest BCUT2D eigenvalue weighted by Crippen LogP contribution is -2.48. The molecule has 1 saturated carbocycles. The number of aromatic hydroxyl groups is 1. The summed E-state index contributed by atoms with van der Waals surface area (Å²) >= 11 is 0. The Kier molecular flexibility index (Phi) is 7.26. The summed E-state index contributed by atoms with van der Waals surface area (Å²) in [4.78, 5) is 15.4. The molecule has 2 aromatic carbocycles. The first-order valence-electron chi connectivity index (χ1n) is 12.3. The van der Waals surface area contributed by atoms with E-state index in [-0.39, 0.29) is 23.1 Å². The van der Waals surface area contributed by atoms with Crippen molar-refractivity contribution in [2.45, 2.75) is 70.3 Å². The molecule has 4 rings (SSSR count). The quantitative estimate of drug-likeness (QED) is 0.441. The first-order valence-corrected chi connectivity index (χ1v) is 12.3. The Labute approximate surface area is 196 Å². The fourth-order valence-corrected chi connectivity index (χ4v) is 5.41. The van der Waals surface area contributed by atoms with Gasteiger partial charge in [0.05, 0.1) is 0 Å². The van der Waals surface area contributed by atoms with Crippen molar-refractivity contribution in [2.24, 2.45) is 5.92 Å². The molecule has 176 valence electrons. The molecule has 2 N–H and O–H groups in total. The van der Waals surface area contributed by atoms with E-state index in [0.717, 1.165) is 49.8 Å². The van der Waals surface area contributed by atoms with Gasteiger partial charge in [-0.15, -0.1) is 0 Å². The summed E-state index contributed by atoms with van der Waals surface area (Å²) in [6.45, 7) is 2.76. The third-order valence-corrected chi connectivity index (χ3v) is 7.15. The van der Waals surface area contributed by atoms with E-state index >= 15 is 0 Å². The van der Waals surface area contributed by atoms with Crippen molar-refractivity contribution in [3.63, 3.8) is 0 Å². The van der Waals surface area contributed by atoms with Crippen molar-refractivity contribution >= 4 is 11.7 Å². The van der Waals surface area contributed by atoms with Crippen LogP contribution in [-0.4, -0.2) is 28.3 Å². The number of phenolic OH excluding ortho intramolecular Hbond substituents is 1. The number of nitrogens with zero attached hydrogens (tertiary/aromatic N) is 1. The molecule has 5 nitrogen and oxygen atoms in total. The average molecular weight is 450 g/mol. The van der Waals surface area contributed by atoms with Crippen LogP contribution in [-0.2, 0) is 16.0 Å². The number of unbranched alkanes of at least 4 members (excludes halogenated alkanes) is 1. The fourth-order valence-electron chi connectivity index (χ4n) is 5.41. The first-order chi connectivity index (χ1) is 16.0. The van der Waals surface area contributed by atoms with Crippen molar-refractivity contribution in [1.29, 1.82) is 0 Å². The summed E-state index contributed by atoms with van der Waals surface area (Å²) < 4.78 is 6.31. The number of anilines is 1. The minimum absolute atomic E-state index is 0.133. The molecule has 0 radical (unpaired) electrons. The van der Waals surface area contributed by atoms with Gasteiger partial charge in [-0.25, -0.2) is 4.79 Å². The summed E-state index contributed by atoms with van der Waals surface area (Å²) in [6, 6.07) is 17.0. The summed E-state index contributed by atoms with van der Waals surface area (Å²) in [7, 11) is 0. The summed E-state index contributed by atoms with van der Waals surface area (Å²) in [5.41, 5.74) is 1.46. The zero-order valence-electron chi connectivity index (χ0n) is 19.5. The second-order valence-corrected chi connectivity index (χ2v) is 9.42. The van der Waals surface area contributed by atoms with Gasteiger partial charge in [0.25, 0.3) is 0 Å². The highest BCUT2D eigenvalue weighted by Crippen LogP contribution is 2.46. The van der Waals surface area contributed by atoms with Gasteiger partial charge in [0.2, 0.25) is 0 Å². The highest BCUT2D eigenvalue weighted by molar-refractivity contribution is 5.94. The van der Waals surface area contributed by atoms with Crippen LogP contribution in [0, 0.1) is 5.92 Å². The van der Waals surface area contributed by atoms with Gasteiger partial charge in [0.1, 0.15) is 17.1 Å². The molecule has 1 atom stereocenters. The highest BCUT2D eigenvalue weighted by atomic mass is 16.6. The number of hydrogen-bond acceptors (Lipinski definition) is 5. The van der Waals surface area contributed by atoms with Crippen molar-refractivity contribution in [3.8, 4) is 5.75 Å². The molecule has 33 heavy (non-hydrogen) atoms. The number of hydrogen-bond donors (Lipinski definition) is 2. The van der Waals surface area contributed by atoms with Crippen LogP contribution in [0.15, 0.2) is 66.1 Å². The molecule has 0 aromatic heterocycles. The van der Waals surface area contributed by atoms with Crippen LogP contribution in [0.3, 0.4) is 0 Å². The molecule has 0 spiro atoms. The number of carbonyl (C=O) groups is 1. The Morgan fingerprint density at radius 1 is 1.06 bits per heavy atom. The van der Waals surface area contributed by atoms with Gasteiger partial charge < -0.3 is 19.8 Å². The van der Waals surface area contributed by atoms with E-state index < -0.39 is 11.6 Å². The van der Waals surface area contributed by atoms with Crippen LogP contribution in [0.1, 0.15) is 63.9 Å². The van der Waals surface area contributed by atoms with Crippen LogP contribution in [0.25, 0.3) is 0 Å². The zero-order valence-corrected chi connectivity index (χ0v) is 19.5. The lowest BCUT2D eigenvalue weighted by molar-refractivity contribution is -0.167. The Balaban J connectivity index is 1.64. The van der Waals surface area contributed by atoms with Gasteiger partial charge in [-0.1, -0.05) is 56.5 Å². The minimum atomic E-state index is -0.709. The van der Waals surface area contributed by atoms with Gasteiger partial charge >= 0.3 is 5.97 Å². The van der Waals surface area contributed by atoms with E-state index in [1.54, 1.807) is 12.1 Å². The van der Waals surface area contributed by atoms with Crippen molar-refractivity contribution in [3.05, 3.63) is 71.6 Å². The van der Waals surface area contributed by atoms with Gasteiger partial charge in [-0.2, -0.15) is 0 Å². The second kappa shape index (κ2) is 10.3. The SMILES string of the molecule is CCCCN(C1=C(O)C[C@@](CCc2cccc(O)c2)(C2CCCC2)OC1=O)c1ccccc1. The molecule has 1 heterocycles. The first kappa shape index (κ1) is 23.2. The normalized spacial score (nSPS) is 21.3. The lowest BCUT2D eigenvalue weighted by atomic mass is 9.77. The van der Waals surface area contributed by atoms with E-state index in [0.29, 0.717) is 25.8 Å². The number of ether oxygens (including phenoxy) is 1. The third-order valence-electron chi connectivity index (χ3n) is 7.15. The average Bonchev–Trinajstić information content (AvgIpc) is 3.36. The molecule has 0 bridgehead atoms. The Bertz CT molecular complexity index is 980. The van der Waals surface area contributed by atoms with Crippen LogP contribution in [0.2, 0.25) is 0 Å². The molecular formula is C28H35NO4. The van der Waals surface area contributed by atoms with E-state index in [9.17, 15) is 15.0 Å². The molecule has 1 fully saturated rings. The largest absolute Gasteiger partial charge is 0.510 e. The minimum Gasteiger partial charge on any atom is -0.510 e. The number of benzene rings is 2. The van der Waals surface area contributed by atoms with Crippen LogP contribution in [0.4, 0.5) is 5.69 Å². The van der Waals surface area contributed by atoms with E-state index in [1.165, 1.54) is 0 Å². The van der Waals surface area contributed by atoms with Gasteiger partial charge in [0, 0.05) is 18.7 Å². The number of esters is 1. The second-order valence-electron chi connectivity index (χ2n) is 9.42. The number of aryl methyl sites for hydroxylation is 1. The summed E-state index contributed by atoms with van der Waals surface area (Å²) in [6.07, 6.45) is 7.81. The maximum Gasteiger partial charge on any atom is 0.359 e. The highest BCUT2D eigenvalue weighted by Gasteiger charge is 2.49. The van der Waals surface area contributed by atoms with Crippen molar-refractivity contribution < 1.29 is 19.7 Å². The lowest BCUT2D eigenvalue weighted by Gasteiger charge is -2.43. The number of rotatable bonds is 9. The Hall–Kier alpha value is -2.95. The van der Waals surface area contributed by atoms with Crippen LogP contribution < -0.4 is 4.90 Å². The van der Waals surface area contributed by atoms with E-state index in [1.807, 2.05) is 47.4 Å². The molecule has 5 heteroatoms. The predicted molar refractivity (Wildman–Crippen MR) is 130 cm³/mol. The predicted octanol–water partition coefficient (Wildman–Crippen LogP) is 6.28. The van der Waals surface area contributed by atoms with E-state index in [2.05, 4.69) is 6.92 Å². The van der Waals surface area contributed by atoms with Gasteiger partial charge in [-0.3, -0.25) is 0 Å². The van der Waals surface area contributed by atoms with Crippen molar-refractivity contribution in [2.75, 3.05) is 11.4 Å². The van der Waals surface area contributed by atoms with Gasteiger partial charge in [-0.05, 0) is 67.9 Å². The number of phenols is 1. The molecule has 1 aliphatic heterocycles. The molecule has 2 aromatic rings. The molecule has 1 aliphatic carbocycles. The van der Waals surface area contributed by atoms with E-state index in [4.69, 9.17) is 4.74 Å². The van der Waals surface area contributed by atoms with Crippen LogP contribution >= 0.6 is 0 Å². The standard InChI is InChI=1S/C28H35NO4/c1-2-3-18-29(23-13-5-4-6-14-23)26-25(31)20-28(33-27(26)32,22-11-7-8-12-22)17-16-21-10-9-15-24(30)19-21/h4-6,9-10,13-15,19,22,30-31H,2-3,7-8,11-12,16-18,20H2,1H3/t28-/m0/s1. The number of aliphatic hydroxyl groups excluding tert-OH is 1. The Morgan fingerprint density at radius 3 is 2.48 bits per heavy atom. The third kappa shape index (κ3) is 5.18. The fraction of sp³-hybridized carbons (Fsp3) is 0.464. The Morgan fingerprint density at radius 2 is 1.82 bits per heavy atom. The molecule has 0 unspecified atom stereocenters. The maximum absolute atomic E-state index is 13.5. The molecule has 2 aliphatic rings. The molecular weight excluding hydrogens is 414 g/mol. The topological polar surface area (TPSA) is 70.0 Å². The van der Waals surface area contributed by atoms with Gasteiger partial charge in [0.15, 0.2) is 5.70 Å². The summed E-state index contributed by atoms with van der Waals surface area (Å²) in [5.74, 6) is 0.182. The number of cyclic esters (lactones) is 1.